The fourth-order valence-corrected chi connectivity index (χ4v) is 2.54. The topological polar surface area (TPSA) is 113 Å². The third kappa shape index (κ3) is 3.13. The second-order valence-electron chi connectivity index (χ2n) is 5.04. The number of rotatable bonds is 3. The monoisotopic (exact) mass is 291 g/mol. The minimum absolute atomic E-state index is 0.0793. The molecule has 1 heterocycles. The standard InChI is InChI=1S/C14H17N3O4/c1-8(16-14(15)21)12(18)17-6-9-4-2-3-5-10(9)11(7-17)13(19)20/h2-5,8,11H,6-7H2,1H3,(H,19,20)(H3,15,16,21). The van der Waals surface area contributed by atoms with Crippen LogP contribution in [-0.2, 0) is 16.1 Å². The molecule has 0 bridgehead atoms. The zero-order valence-electron chi connectivity index (χ0n) is 11.6. The summed E-state index contributed by atoms with van der Waals surface area (Å²) in [6, 6.07) is 5.57. The Morgan fingerprint density at radius 3 is 2.67 bits per heavy atom. The van der Waals surface area contributed by atoms with Crippen molar-refractivity contribution in [2.24, 2.45) is 5.73 Å². The van der Waals surface area contributed by atoms with Crippen LogP contribution in [0.15, 0.2) is 24.3 Å². The molecule has 1 aromatic carbocycles. The lowest BCUT2D eigenvalue weighted by Crippen LogP contribution is -2.50. The number of carboxylic acid groups (broad SMARTS) is 1. The Hall–Kier alpha value is -2.57. The van der Waals surface area contributed by atoms with E-state index in [1.807, 2.05) is 0 Å². The summed E-state index contributed by atoms with van der Waals surface area (Å²) in [5, 5.41) is 11.6. The van der Waals surface area contributed by atoms with Crippen LogP contribution in [0.2, 0.25) is 0 Å². The maximum absolute atomic E-state index is 12.3. The molecule has 3 amide bonds. The normalized spacial score (nSPS) is 18.5. The number of carbonyl (C=O) groups is 3. The molecule has 0 spiro atoms. The van der Waals surface area contributed by atoms with E-state index in [0.29, 0.717) is 6.54 Å². The van der Waals surface area contributed by atoms with Gasteiger partial charge < -0.3 is 21.1 Å². The summed E-state index contributed by atoms with van der Waals surface area (Å²) in [6.45, 7) is 1.92. The Bertz CT molecular complexity index is 587. The Morgan fingerprint density at radius 1 is 1.38 bits per heavy atom. The van der Waals surface area contributed by atoms with Gasteiger partial charge in [-0.25, -0.2) is 4.79 Å². The minimum Gasteiger partial charge on any atom is -0.481 e. The molecule has 1 aliphatic heterocycles. The lowest BCUT2D eigenvalue weighted by Gasteiger charge is -2.34. The van der Waals surface area contributed by atoms with Crippen LogP contribution in [0, 0.1) is 0 Å². The molecule has 4 N–H and O–H groups in total. The Kier molecular flexibility index (Phi) is 4.11. The largest absolute Gasteiger partial charge is 0.481 e. The van der Waals surface area contributed by atoms with Crippen molar-refractivity contribution in [1.82, 2.24) is 10.2 Å². The fraction of sp³-hybridized carbons (Fsp3) is 0.357. The average Bonchev–Trinajstić information content (AvgIpc) is 2.44. The van der Waals surface area contributed by atoms with E-state index >= 15 is 0 Å². The highest BCUT2D eigenvalue weighted by Gasteiger charge is 2.33. The second kappa shape index (κ2) is 5.82. The number of nitrogens with two attached hydrogens (primary N) is 1. The van der Waals surface area contributed by atoms with Crippen LogP contribution in [-0.4, -0.2) is 40.5 Å². The van der Waals surface area contributed by atoms with Crippen LogP contribution in [0.4, 0.5) is 4.79 Å². The average molecular weight is 291 g/mol. The number of carboxylic acids is 1. The first-order chi connectivity index (χ1) is 9.90. The third-order valence-corrected chi connectivity index (χ3v) is 3.53. The quantitative estimate of drug-likeness (QED) is 0.741. The SMILES string of the molecule is CC(NC(N)=O)C(=O)N1Cc2ccccc2C(C(=O)O)C1. The lowest BCUT2D eigenvalue weighted by molar-refractivity contribution is -0.141. The van der Waals surface area contributed by atoms with Crippen molar-refractivity contribution in [3.63, 3.8) is 0 Å². The number of urea groups is 1. The molecule has 112 valence electrons. The number of primary amides is 1. The highest BCUT2D eigenvalue weighted by molar-refractivity contribution is 5.87. The molecule has 0 fully saturated rings. The van der Waals surface area contributed by atoms with E-state index in [2.05, 4.69) is 5.32 Å². The summed E-state index contributed by atoms with van der Waals surface area (Å²) in [4.78, 5) is 35.9. The zero-order chi connectivity index (χ0) is 15.6. The molecule has 2 rings (SSSR count). The molecule has 0 aliphatic carbocycles. The van der Waals surface area contributed by atoms with Gasteiger partial charge in [0.1, 0.15) is 6.04 Å². The molecule has 0 radical (unpaired) electrons. The van der Waals surface area contributed by atoms with E-state index in [1.165, 1.54) is 11.8 Å². The smallest absolute Gasteiger partial charge is 0.312 e. The summed E-state index contributed by atoms with van der Waals surface area (Å²) in [5.74, 6) is -2.09. The number of benzene rings is 1. The molecular weight excluding hydrogens is 274 g/mol. The van der Waals surface area contributed by atoms with Gasteiger partial charge in [-0.2, -0.15) is 0 Å². The van der Waals surface area contributed by atoms with Crippen LogP contribution in [0.3, 0.4) is 0 Å². The molecule has 1 aromatic rings. The maximum atomic E-state index is 12.3. The summed E-state index contributed by atoms with van der Waals surface area (Å²) < 4.78 is 0. The van der Waals surface area contributed by atoms with Gasteiger partial charge >= 0.3 is 12.0 Å². The van der Waals surface area contributed by atoms with Gasteiger partial charge in [-0.3, -0.25) is 9.59 Å². The van der Waals surface area contributed by atoms with Gasteiger partial charge in [-0.15, -0.1) is 0 Å². The summed E-state index contributed by atoms with van der Waals surface area (Å²) >= 11 is 0. The van der Waals surface area contributed by atoms with Gasteiger partial charge in [0.05, 0.1) is 5.92 Å². The molecule has 7 heteroatoms. The van der Waals surface area contributed by atoms with E-state index in [4.69, 9.17) is 5.73 Å². The van der Waals surface area contributed by atoms with Crippen LogP contribution >= 0.6 is 0 Å². The van der Waals surface area contributed by atoms with Gasteiger partial charge in [-0.1, -0.05) is 24.3 Å². The molecule has 0 saturated heterocycles. The van der Waals surface area contributed by atoms with Crippen LogP contribution in [0.1, 0.15) is 24.0 Å². The number of hydrogen-bond acceptors (Lipinski definition) is 3. The summed E-state index contributed by atoms with van der Waals surface area (Å²) in [6.07, 6.45) is 0. The number of amides is 3. The predicted molar refractivity (Wildman–Crippen MR) is 74.4 cm³/mol. The van der Waals surface area contributed by atoms with Gasteiger partial charge in [0.2, 0.25) is 5.91 Å². The number of hydrogen-bond donors (Lipinski definition) is 3. The Balaban J connectivity index is 2.23. The molecule has 0 aromatic heterocycles. The summed E-state index contributed by atoms with van der Waals surface area (Å²) in [5.41, 5.74) is 6.53. The number of aliphatic carboxylic acids is 1. The van der Waals surface area contributed by atoms with E-state index in [1.54, 1.807) is 24.3 Å². The highest BCUT2D eigenvalue weighted by atomic mass is 16.4. The molecule has 2 unspecified atom stereocenters. The van der Waals surface area contributed by atoms with Crippen LogP contribution < -0.4 is 11.1 Å². The lowest BCUT2D eigenvalue weighted by atomic mass is 9.89. The van der Waals surface area contributed by atoms with Gasteiger partial charge in [0.15, 0.2) is 0 Å². The van der Waals surface area contributed by atoms with Gasteiger partial charge in [0.25, 0.3) is 0 Å². The van der Waals surface area contributed by atoms with Gasteiger partial charge in [-0.05, 0) is 18.1 Å². The van der Waals surface area contributed by atoms with Crippen LogP contribution in [0.25, 0.3) is 0 Å². The first-order valence-corrected chi connectivity index (χ1v) is 6.55. The second-order valence-corrected chi connectivity index (χ2v) is 5.04. The maximum Gasteiger partial charge on any atom is 0.312 e. The van der Waals surface area contributed by atoms with Crippen molar-refractivity contribution in [2.75, 3.05) is 6.54 Å². The van der Waals surface area contributed by atoms with E-state index < -0.39 is 24.0 Å². The number of carbonyl (C=O) groups excluding carboxylic acids is 2. The van der Waals surface area contributed by atoms with Crippen LogP contribution in [0.5, 0.6) is 0 Å². The van der Waals surface area contributed by atoms with E-state index in [-0.39, 0.29) is 12.5 Å². The molecule has 2 atom stereocenters. The third-order valence-electron chi connectivity index (χ3n) is 3.53. The van der Waals surface area contributed by atoms with E-state index in [0.717, 1.165) is 11.1 Å². The Morgan fingerprint density at radius 2 is 2.05 bits per heavy atom. The highest BCUT2D eigenvalue weighted by Crippen LogP contribution is 2.28. The van der Waals surface area contributed by atoms with E-state index in [9.17, 15) is 19.5 Å². The first-order valence-electron chi connectivity index (χ1n) is 6.55. The zero-order valence-corrected chi connectivity index (χ0v) is 11.6. The number of nitrogens with one attached hydrogen (secondary N) is 1. The van der Waals surface area contributed by atoms with Crippen molar-refractivity contribution in [1.29, 1.82) is 0 Å². The van der Waals surface area contributed by atoms with Gasteiger partial charge in [0, 0.05) is 13.1 Å². The van der Waals surface area contributed by atoms with Crippen molar-refractivity contribution >= 4 is 17.9 Å². The molecule has 0 saturated carbocycles. The van der Waals surface area contributed by atoms with Crippen molar-refractivity contribution in [3.8, 4) is 0 Å². The van der Waals surface area contributed by atoms with Crippen molar-refractivity contribution < 1.29 is 19.5 Å². The summed E-state index contributed by atoms with van der Waals surface area (Å²) in [7, 11) is 0. The minimum atomic E-state index is -0.976. The number of fused-ring (bicyclic) bond motifs is 1. The molecule has 1 aliphatic rings. The Labute approximate surface area is 121 Å². The van der Waals surface area contributed by atoms with Crippen molar-refractivity contribution in [2.45, 2.75) is 25.4 Å². The molecule has 21 heavy (non-hydrogen) atoms. The van der Waals surface area contributed by atoms with Crippen molar-refractivity contribution in [3.05, 3.63) is 35.4 Å². The molecular formula is C14H17N3O4. The molecule has 7 nitrogen and oxygen atoms in total. The first kappa shape index (κ1) is 14.8. The fourth-order valence-electron chi connectivity index (χ4n) is 2.54. The number of nitrogens with zero attached hydrogens (tertiary/aromatic N) is 1. The predicted octanol–water partition coefficient (Wildman–Crippen LogP) is 0.254.